The minimum Gasteiger partial charge on any atom is -0.373 e. The van der Waals surface area contributed by atoms with Crippen molar-refractivity contribution in [3.63, 3.8) is 0 Å². The fourth-order valence-corrected chi connectivity index (χ4v) is 3.47. The van der Waals surface area contributed by atoms with E-state index in [9.17, 15) is 0 Å². The molecule has 0 N–H and O–H groups in total. The molecular weight excluding hydrogens is 220 g/mol. The predicted octanol–water partition coefficient (Wildman–Crippen LogP) is 3.27. The van der Waals surface area contributed by atoms with Crippen molar-refractivity contribution in [3.8, 4) is 0 Å². The third-order valence-electron chi connectivity index (χ3n) is 4.59. The molecule has 0 amide bonds. The summed E-state index contributed by atoms with van der Waals surface area (Å²) in [6, 6.07) is 9.73. The van der Waals surface area contributed by atoms with Crippen LogP contribution in [0.3, 0.4) is 0 Å². The van der Waals surface area contributed by atoms with E-state index in [2.05, 4.69) is 41.1 Å². The maximum Gasteiger partial charge on any atom is 0.0409 e. The second-order valence-corrected chi connectivity index (χ2v) is 5.81. The van der Waals surface area contributed by atoms with E-state index in [1.54, 1.807) is 0 Å². The average Bonchev–Trinajstić information content (AvgIpc) is 2.60. The third kappa shape index (κ3) is 2.39. The summed E-state index contributed by atoms with van der Waals surface area (Å²) in [5.41, 5.74) is 2.93. The van der Waals surface area contributed by atoms with Crippen LogP contribution in [0, 0.1) is 0 Å². The lowest BCUT2D eigenvalue weighted by Crippen LogP contribution is -2.38. The molecule has 0 unspecified atom stereocenters. The minimum absolute atomic E-state index is 0.832. The molecular formula is C16H24N2. The molecule has 0 radical (unpaired) electrons. The lowest BCUT2D eigenvalue weighted by atomic mass is 9.94. The average molecular weight is 244 g/mol. The fourth-order valence-electron chi connectivity index (χ4n) is 3.47. The number of fused-ring (bicyclic) bond motifs is 1. The summed E-state index contributed by atoms with van der Waals surface area (Å²) in [5, 5.41) is 0. The highest BCUT2D eigenvalue weighted by molar-refractivity contribution is 5.53. The van der Waals surface area contributed by atoms with Gasteiger partial charge in [0.25, 0.3) is 0 Å². The molecule has 18 heavy (non-hydrogen) atoms. The zero-order valence-corrected chi connectivity index (χ0v) is 11.4. The number of anilines is 1. The molecule has 0 atom stereocenters. The summed E-state index contributed by atoms with van der Waals surface area (Å²) < 4.78 is 0. The number of hydrogen-bond acceptors (Lipinski definition) is 2. The number of rotatable bonds is 1. The largest absolute Gasteiger partial charge is 0.373 e. The van der Waals surface area contributed by atoms with Gasteiger partial charge in [-0.1, -0.05) is 37.5 Å². The zero-order chi connectivity index (χ0) is 12.4. The van der Waals surface area contributed by atoms with Crippen LogP contribution in [0.15, 0.2) is 24.3 Å². The van der Waals surface area contributed by atoms with Crippen LogP contribution < -0.4 is 4.90 Å². The highest BCUT2D eigenvalue weighted by Crippen LogP contribution is 2.29. The zero-order valence-electron chi connectivity index (χ0n) is 11.4. The second kappa shape index (κ2) is 5.31. The normalized spacial score (nSPS) is 22.6. The molecule has 1 aliphatic heterocycles. The Bertz CT molecular complexity index is 396. The highest BCUT2D eigenvalue weighted by Gasteiger charge is 2.24. The molecule has 0 bridgehead atoms. The smallest absolute Gasteiger partial charge is 0.0409 e. The van der Waals surface area contributed by atoms with E-state index in [0.717, 1.165) is 19.1 Å². The molecule has 1 heterocycles. The van der Waals surface area contributed by atoms with E-state index >= 15 is 0 Å². The van der Waals surface area contributed by atoms with Crippen molar-refractivity contribution in [3.05, 3.63) is 29.8 Å². The summed E-state index contributed by atoms with van der Waals surface area (Å²) in [6.45, 7) is 3.52. The van der Waals surface area contributed by atoms with Crippen LogP contribution in [0.4, 0.5) is 5.69 Å². The Morgan fingerprint density at radius 3 is 2.61 bits per heavy atom. The van der Waals surface area contributed by atoms with Gasteiger partial charge in [0.2, 0.25) is 0 Å². The van der Waals surface area contributed by atoms with E-state index in [1.807, 2.05) is 0 Å². The van der Waals surface area contributed by atoms with Gasteiger partial charge >= 0.3 is 0 Å². The van der Waals surface area contributed by atoms with E-state index in [0.29, 0.717) is 0 Å². The van der Waals surface area contributed by atoms with Gasteiger partial charge < -0.3 is 4.90 Å². The van der Waals surface area contributed by atoms with Crippen LogP contribution in [-0.2, 0) is 6.54 Å². The van der Waals surface area contributed by atoms with Crippen molar-refractivity contribution < 1.29 is 0 Å². The topological polar surface area (TPSA) is 6.48 Å². The first kappa shape index (κ1) is 12.0. The molecule has 1 aromatic rings. The summed E-state index contributed by atoms with van der Waals surface area (Å²) in [6.07, 6.45) is 7.12. The SMILES string of the molecule is CN1CCN(C2CCCCC2)Cc2ccccc21. The maximum absolute atomic E-state index is 2.72. The van der Waals surface area contributed by atoms with E-state index < -0.39 is 0 Å². The van der Waals surface area contributed by atoms with Gasteiger partial charge in [0.1, 0.15) is 0 Å². The van der Waals surface area contributed by atoms with Crippen molar-refractivity contribution in [2.75, 3.05) is 25.0 Å². The molecule has 0 aromatic heterocycles. The van der Waals surface area contributed by atoms with Gasteiger partial charge in [-0.3, -0.25) is 4.90 Å². The Kier molecular flexibility index (Phi) is 3.55. The van der Waals surface area contributed by atoms with Gasteiger partial charge in [0.05, 0.1) is 0 Å². The van der Waals surface area contributed by atoms with Crippen LogP contribution in [0.2, 0.25) is 0 Å². The summed E-state index contributed by atoms with van der Waals surface area (Å²) in [7, 11) is 2.23. The van der Waals surface area contributed by atoms with Crippen LogP contribution in [0.1, 0.15) is 37.7 Å². The minimum atomic E-state index is 0.832. The lowest BCUT2D eigenvalue weighted by molar-refractivity contribution is 0.155. The second-order valence-electron chi connectivity index (χ2n) is 5.81. The van der Waals surface area contributed by atoms with Crippen molar-refractivity contribution >= 4 is 5.69 Å². The number of nitrogens with zero attached hydrogens (tertiary/aromatic N) is 2. The number of benzene rings is 1. The Morgan fingerprint density at radius 1 is 1.00 bits per heavy atom. The molecule has 1 fully saturated rings. The predicted molar refractivity (Wildman–Crippen MR) is 77.0 cm³/mol. The van der Waals surface area contributed by atoms with Crippen molar-refractivity contribution in [2.45, 2.75) is 44.7 Å². The summed E-state index contributed by atoms with van der Waals surface area (Å²) in [4.78, 5) is 5.14. The van der Waals surface area contributed by atoms with E-state index in [4.69, 9.17) is 0 Å². The molecule has 2 nitrogen and oxygen atoms in total. The molecule has 0 spiro atoms. The standard InChI is InChI=1S/C16H24N2/c1-17-11-12-18(15-8-3-2-4-9-15)13-14-7-5-6-10-16(14)17/h5-7,10,15H,2-4,8-9,11-13H2,1H3. The van der Waals surface area contributed by atoms with Crippen molar-refractivity contribution in [2.24, 2.45) is 0 Å². The first-order valence-electron chi connectivity index (χ1n) is 7.38. The Labute approximate surface area is 111 Å². The number of likely N-dealkylation sites (N-methyl/N-ethyl adjacent to an activating group) is 1. The molecule has 98 valence electrons. The van der Waals surface area contributed by atoms with Crippen molar-refractivity contribution in [1.29, 1.82) is 0 Å². The fraction of sp³-hybridized carbons (Fsp3) is 0.625. The molecule has 1 saturated carbocycles. The van der Waals surface area contributed by atoms with Crippen LogP contribution >= 0.6 is 0 Å². The number of hydrogen-bond donors (Lipinski definition) is 0. The molecule has 1 aromatic carbocycles. The Morgan fingerprint density at radius 2 is 1.78 bits per heavy atom. The number of para-hydroxylation sites is 1. The van der Waals surface area contributed by atoms with Crippen LogP contribution in [0.25, 0.3) is 0 Å². The molecule has 2 aliphatic rings. The third-order valence-corrected chi connectivity index (χ3v) is 4.59. The Balaban J connectivity index is 1.79. The molecule has 3 rings (SSSR count). The van der Waals surface area contributed by atoms with Gasteiger partial charge in [-0.2, -0.15) is 0 Å². The quantitative estimate of drug-likeness (QED) is 0.748. The van der Waals surface area contributed by atoms with Gasteiger partial charge in [-0.25, -0.2) is 0 Å². The molecule has 0 saturated heterocycles. The maximum atomic E-state index is 2.72. The molecule has 2 heteroatoms. The lowest BCUT2D eigenvalue weighted by Gasteiger charge is -2.33. The van der Waals surface area contributed by atoms with Crippen LogP contribution in [0.5, 0.6) is 0 Å². The molecule has 1 aliphatic carbocycles. The highest BCUT2D eigenvalue weighted by atomic mass is 15.2. The first-order valence-corrected chi connectivity index (χ1v) is 7.38. The van der Waals surface area contributed by atoms with E-state index in [-0.39, 0.29) is 0 Å². The summed E-state index contributed by atoms with van der Waals surface area (Å²) >= 11 is 0. The van der Waals surface area contributed by atoms with Gasteiger partial charge in [-0.05, 0) is 24.5 Å². The first-order chi connectivity index (χ1) is 8.84. The monoisotopic (exact) mass is 244 g/mol. The Hall–Kier alpha value is -1.02. The van der Waals surface area contributed by atoms with Gasteiger partial charge in [0, 0.05) is 38.4 Å². The summed E-state index contributed by atoms with van der Waals surface area (Å²) in [5.74, 6) is 0. The van der Waals surface area contributed by atoms with Crippen LogP contribution in [-0.4, -0.2) is 31.1 Å². The van der Waals surface area contributed by atoms with Gasteiger partial charge in [-0.15, -0.1) is 0 Å². The van der Waals surface area contributed by atoms with E-state index in [1.165, 1.54) is 49.9 Å². The van der Waals surface area contributed by atoms with Crippen molar-refractivity contribution in [1.82, 2.24) is 4.90 Å². The van der Waals surface area contributed by atoms with Gasteiger partial charge in [0.15, 0.2) is 0 Å².